The van der Waals surface area contributed by atoms with Crippen molar-refractivity contribution in [1.29, 1.82) is 0 Å². The van der Waals surface area contributed by atoms with Gasteiger partial charge < -0.3 is 9.84 Å². The van der Waals surface area contributed by atoms with Crippen LogP contribution in [0.5, 0.6) is 11.5 Å². The molecule has 0 saturated heterocycles. The molecule has 2 rings (SSSR count). The average molecular weight is 419 g/mol. The molecule has 138 valence electrons. The lowest BCUT2D eigenvalue weighted by Gasteiger charge is -2.10. The molecule has 6 heteroatoms. The summed E-state index contributed by atoms with van der Waals surface area (Å²) in [6.45, 7) is 5.97. The van der Waals surface area contributed by atoms with E-state index in [1.165, 1.54) is 11.8 Å². The predicted molar refractivity (Wildman–Crippen MR) is 107 cm³/mol. The van der Waals surface area contributed by atoms with Crippen LogP contribution in [0.25, 0.3) is 0 Å². The summed E-state index contributed by atoms with van der Waals surface area (Å²) in [7, 11) is 0. The van der Waals surface area contributed by atoms with Gasteiger partial charge in [0.05, 0.1) is 6.21 Å². The van der Waals surface area contributed by atoms with Gasteiger partial charge in [-0.25, -0.2) is 5.43 Å². The Morgan fingerprint density at radius 2 is 2.04 bits per heavy atom. The zero-order valence-electron chi connectivity index (χ0n) is 15.1. The van der Waals surface area contributed by atoms with Crippen molar-refractivity contribution in [2.24, 2.45) is 5.10 Å². The van der Waals surface area contributed by atoms with E-state index in [4.69, 9.17) is 4.74 Å². The number of phenolic OH excluding ortho intramolecular Hbond substituents is 1. The van der Waals surface area contributed by atoms with Crippen molar-refractivity contribution in [3.8, 4) is 11.5 Å². The molecule has 26 heavy (non-hydrogen) atoms. The van der Waals surface area contributed by atoms with Crippen molar-refractivity contribution in [3.05, 3.63) is 57.6 Å². The lowest BCUT2D eigenvalue weighted by molar-refractivity contribution is -0.123. The third-order valence-corrected chi connectivity index (χ3v) is 4.58. The molecule has 0 aromatic heterocycles. The summed E-state index contributed by atoms with van der Waals surface area (Å²) in [5.74, 6) is 0.888. The van der Waals surface area contributed by atoms with Crippen molar-refractivity contribution in [3.63, 3.8) is 0 Å². The Kier molecular flexibility index (Phi) is 7.21. The highest BCUT2D eigenvalue weighted by Gasteiger charge is 2.06. The zero-order valence-corrected chi connectivity index (χ0v) is 16.7. The van der Waals surface area contributed by atoms with Gasteiger partial charge in [0.2, 0.25) is 0 Å². The molecule has 0 radical (unpaired) electrons. The molecule has 1 amide bonds. The number of nitrogens with zero attached hydrogens (tertiary/aromatic N) is 1. The number of halogens is 1. The van der Waals surface area contributed by atoms with E-state index in [9.17, 15) is 9.90 Å². The first-order valence-electron chi connectivity index (χ1n) is 8.44. The molecule has 2 aromatic carbocycles. The summed E-state index contributed by atoms with van der Waals surface area (Å²) in [6.07, 6.45) is 2.47. The minimum absolute atomic E-state index is 0.129. The predicted octanol–water partition coefficient (Wildman–Crippen LogP) is 4.51. The Morgan fingerprint density at radius 1 is 1.35 bits per heavy atom. The van der Waals surface area contributed by atoms with Crippen LogP contribution in [0.4, 0.5) is 0 Å². The first-order valence-corrected chi connectivity index (χ1v) is 9.23. The third kappa shape index (κ3) is 5.59. The first-order chi connectivity index (χ1) is 12.4. The summed E-state index contributed by atoms with van der Waals surface area (Å²) in [6, 6.07) is 11.3. The van der Waals surface area contributed by atoms with Crippen molar-refractivity contribution in [1.82, 2.24) is 5.43 Å². The van der Waals surface area contributed by atoms with Gasteiger partial charge in [-0.2, -0.15) is 5.10 Å². The molecule has 0 aliphatic heterocycles. The summed E-state index contributed by atoms with van der Waals surface area (Å²) < 4.78 is 6.28. The largest absolute Gasteiger partial charge is 0.507 e. The summed E-state index contributed by atoms with van der Waals surface area (Å²) >= 11 is 3.36. The molecule has 0 heterocycles. The fraction of sp³-hybridized carbons (Fsp3) is 0.300. The molecule has 2 N–H and O–H groups in total. The van der Waals surface area contributed by atoms with Crippen LogP contribution in [0, 0.1) is 6.92 Å². The maximum atomic E-state index is 11.8. The monoisotopic (exact) mass is 418 g/mol. The number of aromatic hydroxyl groups is 1. The van der Waals surface area contributed by atoms with E-state index in [-0.39, 0.29) is 18.3 Å². The van der Waals surface area contributed by atoms with Gasteiger partial charge in [-0.1, -0.05) is 41.9 Å². The number of benzene rings is 2. The minimum Gasteiger partial charge on any atom is -0.507 e. The van der Waals surface area contributed by atoms with Gasteiger partial charge in [-0.15, -0.1) is 0 Å². The van der Waals surface area contributed by atoms with Gasteiger partial charge in [0, 0.05) is 10.0 Å². The van der Waals surface area contributed by atoms with E-state index in [1.54, 1.807) is 19.1 Å². The van der Waals surface area contributed by atoms with Crippen LogP contribution in [0.15, 0.2) is 46.0 Å². The Balaban J connectivity index is 1.86. The quantitative estimate of drug-likeness (QED) is 0.513. The van der Waals surface area contributed by atoms with Crippen LogP contribution in [-0.2, 0) is 4.79 Å². The van der Waals surface area contributed by atoms with Gasteiger partial charge in [0.25, 0.3) is 5.91 Å². The number of rotatable bonds is 7. The second-order valence-corrected chi connectivity index (χ2v) is 7.04. The SMILES string of the molecule is CCC(C)c1ccc(OCC(=O)N/N=C/c2cc(Br)cc(C)c2O)cc1. The topological polar surface area (TPSA) is 70.9 Å². The maximum absolute atomic E-state index is 11.8. The van der Waals surface area contributed by atoms with E-state index >= 15 is 0 Å². The van der Waals surface area contributed by atoms with Crippen LogP contribution < -0.4 is 10.2 Å². The number of hydrazone groups is 1. The highest BCUT2D eigenvalue weighted by Crippen LogP contribution is 2.25. The molecule has 0 aliphatic rings. The summed E-state index contributed by atoms with van der Waals surface area (Å²) in [4.78, 5) is 11.8. The first kappa shape index (κ1) is 20.0. The number of carbonyl (C=O) groups excluding carboxylic acids is 1. The third-order valence-electron chi connectivity index (χ3n) is 4.12. The maximum Gasteiger partial charge on any atom is 0.277 e. The summed E-state index contributed by atoms with van der Waals surface area (Å²) in [5, 5.41) is 13.8. The van der Waals surface area contributed by atoms with Crippen LogP contribution in [0.2, 0.25) is 0 Å². The Bertz CT molecular complexity index is 788. The van der Waals surface area contributed by atoms with Gasteiger partial charge in [-0.3, -0.25) is 4.79 Å². The van der Waals surface area contributed by atoms with Crippen molar-refractivity contribution in [2.45, 2.75) is 33.1 Å². The van der Waals surface area contributed by atoms with Crippen LogP contribution in [0.3, 0.4) is 0 Å². The molecule has 5 nitrogen and oxygen atoms in total. The van der Waals surface area contributed by atoms with Gasteiger partial charge >= 0.3 is 0 Å². The van der Waals surface area contributed by atoms with Crippen molar-refractivity contribution >= 4 is 28.1 Å². The molecule has 0 fully saturated rings. The van der Waals surface area contributed by atoms with Crippen LogP contribution >= 0.6 is 15.9 Å². The highest BCUT2D eigenvalue weighted by molar-refractivity contribution is 9.10. The number of aryl methyl sites for hydroxylation is 1. The molecule has 0 bridgehead atoms. The minimum atomic E-state index is -0.376. The zero-order chi connectivity index (χ0) is 19.1. The van der Waals surface area contributed by atoms with Crippen LogP contribution in [0.1, 0.15) is 42.9 Å². The van der Waals surface area contributed by atoms with Gasteiger partial charge in [0.15, 0.2) is 6.61 Å². The van der Waals surface area contributed by atoms with E-state index in [0.29, 0.717) is 17.2 Å². The molecule has 0 saturated carbocycles. The molecular weight excluding hydrogens is 396 g/mol. The number of nitrogens with one attached hydrogen (secondary N) is 1. The number of hydrogen-bond donors (Lipinski definition) is 2. The molecule has 1 atom stereocenters. The second-order valence-electron chi connectivity index (χ2n) is 6.12. The normalized spacial score (nSPS) is 12.2. The molecule has 0 spiro atoms. The van der Waals surface area contributed by atoms with E-state index in [0.717, 1.165) is 16.5 Å². The fourth-order valence-corrected chi connectivity index (χ4v) is 2.93. The second kappa shape index (κ2) is 9.38. The molecule has 1 unspecified atom stereocenters. The standard InChI is InChI=1S/C20H23BrN2O3/c1-4-13(2)15-5-7-18(8-6-15)26-12-19(24)23-22-11-16-10-17(21)9-14(3)20(16)25/h5-11,13,25H,4,12H2,1-3H3,(H,23,24)/b22-11+. The Labute approximate surface area is 162 Å². The Hall–Kier alpha value is -2.34. The number of hydrogen-bond acceptors (Lipinski definition) is 4. The van der Waals surface area contributed by atoms with Gasteiger partial charge in [-0.05, 0) is 54.7 Å². The number of phenols is 1. The molecule has 0 aliphatic carbocycles. The Morgan fingerprint density at radius 3 is 2.69 bits per heavy atom. The van der Waals surface area contributed by atoms with E-state index < -0.39 is 0 Å². The lowest BCUT2D eigenvalue weighted by atomic mass is 9.99. The van der Waals surface area contributed by atoms with Crippen molar-refractivity contribution in [2.75, 3.05) is 6.61 Å². The highest BCUT2D eigenvalue weighted by atomic mass is 79.9. The number of carbonyl (C=O) groups is 1. The lowest BCUT2D eigenvalue weighted by Crippen LogP contribution is -2.24. The van der Waals surface area contributed by atoms with E-state index in [2.05, 4.69) is 40.3 Å². The van der Waals surface area contributed by atoms with Crippen LogP contribution in [-0.4, -0.2) is 23.8 Å². The molecular formula is C20H23BrN2O3. The number of ether oxygens (including phenoxy) is 1. The van der Waals surface area contributed by atoms with E-state index in [1.807, 2.05) is 24.3 Å². The average Bonchev–Trinajstić information content (AvgIpc) is 2.63. The van der Waals surface area contributed by atoms with Crippen molar-refractivity contribution < 1.29 is 14.6 Å². The van der Waals surface area contributed by atoms with Gasteiger partial charge in [0.1, 0.15) is 11.5 Å². The fourth-order valence-electron chi connectivity index (χ4n) is 2.34. The number of amides is 1. The smallest absolute Gasteiger partial charge is 0.277 e. The summed E-state index contributed by atoms with van der Waals surface area (Å²) in [5.41, 5.74) is 4.87. The molecule has 2 aromatic rings.